The maximum atomic E-state index is 12.4. The van der Waals surface area contributed by atoms with Gasteiger partial charge >= 0.3 is 0 Å². The number of hydrogen-bond acceptors (Lipinski definition) is 5. The molecule has 130 valence electrons. The molecule has 2 aromatic rings. The largest absolute Gasteiger partial charge is 0.321 e. The summed E-state index contributed by atoms with van der Waals surface area (Å²) in [6.45, 7) is 8.02. The minimum atomic E-state index is -3.56. The number of rotatable bonds is 8. The van der Waals surface area contributed by atoms with Gasteiger partial charge in [0.1, 0.15) is 0 Å². The van der Waals surface area contributed by atoms with Crippen molar-refractivity contribution in [3.05, 3.63) is 54.4 Å². The van der Waals surface area contributed by atoms with Crippen LogP contribution < -0.4 is 5.73 Å². The van der Waals surface area contributed by atoms with Gasteiger partial charge in [-0.05, 0) is 17.9 Å². The van der Waals surface area contributed by atoms with Gasteiger partial charge in [0.05, 0.1) is 11.8 Å². The highest BCUT2D eigenvalue weighted by atomic mass is 32.2. The van der Waals surface area contributed by atoms with Crippen molar-refractivity contribution < 1.29 is 8.42 Å². The Bertz CT molecular complexity index is 782. The van der Waals surface area contributed by atoms with Crippen molar-refractivity contribution in [2.24, 2.45) is 11.7 Å². The lowest BCUT2D eigenvalue weighted by atomic mass is 10.1. The second kappa shape index (κ2) is 7.72. The van der Waals surface area contributed by atoms with Gasteiger partial charge in [0.15, 0.2) is 5.82 Å². The zero-order chi connectivity index (χ0) is 17.7. The number of nitrogens with two attached hydrogens (primary N) is 1. The Kier molecular flexibility index (Phi) is 5.90. The predicted octanol–water partition coefficient (Wildman–Crippen LogP) is 2.14. The monoisotopic (exact) mass is 348 g/mol. The second-order valence-electron chi connectivity index (χ2n) is 6.21. The van der Waals surface area contributed by atoms with E-state index in [-0.39, 0.29) is 16.8 Å². The van der Waals surface area contributed by atoms with Crippen LogP contribution in [0.3, 0.4) is 0 Å². The van der Waals surface area contributed by atoms with E-state index in [2.05, 4.69) is 16.8 Å². The Morgan fingerprint density at radius 3 is 2.50 bits per heavy atom. The molecule has 1 aromatic heterocycles. The van der Waals surface area contributed by atoms with Crippen molar-refractivity contribution in [1.82, 2.24) is 14.8 Å². The first-order valence-electron chi connectivity index (χ1n) is 7.91. The third kappa shape index (κ3) is 4.30. The van der Waals surface area contributed by atoms with Gasteiger partial charge in [-0.1, -0.05) is 50.3 Å². The maximum absolute atomic E-state index is 12.4. The molecule has 0 fully saturated rings. The summed E-state index contributed by atoms with van der Waals surface area (Å²) in [7, 11) is -3.56. The number of nitrogens with zero attached hydrogens (tertiary/aromatic N) is 3. The number of sulfone groups is 1. The summed E-state index contributed by atoms with van der Waals surface area (Å²) >= 11 is 0. The molecule has 0 radical (unpaired) electrons. The molecule has 0 saturated carbocycles. The van der Waals surface area contributed by atoms with Crippen molar-refractivity contribution in [1.29, 1.82) is 0 Å². The molecule has 1 aromatic carbocycles. The molecule has 2 N–H and O–H groups in total. The molecule has 7 heteroatoms. The summed E-state index contributed by atoms with van der Waals surface area (Å²) in [6, 6.07) is 9.38. The topological polar surface area (TPSA) is 90.9 Å². The van der Waals surface area contributed by atoms with E-state index >= 15 is 0 Å². The first-order chi connectivity index (χ1) is 11.3. The molecule has 0 amide bonds. The van der Waals surface area contributed by atoms with Crippen LogP contribution in [0.25, 0.3) is 0 Å². The van der Waals surface area contributed by atoms with E-state index in [0.29, 0.717) is 18.8 Å². The fraction of sp³-hybridized carbons (Fsp3) is 0.412. The highest BCUT2D eigenvalue weighted by molar-refractivity contribution is 7.91. The van der Waals surface area contributed by atoms with Gasteiger partial charge in [-0.2, -0.15) is 0 Å². The van der Waals surface area contributed by atoms with Crippen molar-refractivity contribution in [2.45, 2.75) is 38.0 Å². The highest BCUT2D eigenvalue weighted by Crippen LogP contribution is 2.20. The lowest BCUT2D eigenvalue weighted by Gasteiger charge is -2.16. The lowest BCUT2D eigenvalue weighted by molar-refractivity contribution is 0.456. The summed E-state index contributed by atoms with van der Waals surface area (Å²) in [5.41, 5.74) is 7.36. The van der Waals surface area contributed by atoms with E-state index in [1.54, 1.807) is 4.57 Å². The Balaban J connectivity index is 2.39. The van der Waals surface area contributed by atoms with E-state index in [1.165, 1.54) is 6.08 Å². The van der Waals surface area contributed by atoms with Gasteiger partial charge in [-0.15, -0.1) is 16.8 Å². The SMILES string of the molecule is C=CCS(=O)(=O)c1nnc([C@@H](N)Cc2ccccc2)n1CC(C)C. The van der Waals surface area contributed by atoms with Crippen LogP contribution in [0.1, 0.15) is 31.3 Å². The zero-order valence-electron chi connectivity index (χ0n) is 14.1. The van der Waals surface area contributed by atoms with Crippen LogP contribution in [0.2, 0.25) is 0 Å². The van der Waals surface area contributed by atoms with E-state index in [0.717, 1.165) is 5.56 Å². The van der Waals surface area contributed by atoms with Gasteiger partial charge in [0.25, 0.3) is 0 Å². The molecule has 2 rings (SSSR count). The van der Waals surface area contributed by atoms with Gasteiger partial charge < -0.3 is 10.3 Å². The van der Waals surface area contributed by atoms with E-state index in [1.807, 2.05) is 44.2 Å². The molecule has 1 atom stereocenters. The third-order valence-electron chi connectivity index (χ3n) is 3.54. The van der Waals surface area contributed by atoms with E-state index < -0.39 is 15.9 Å². The predicted molar refractivity (Wildman–Crippen MR) is 94.2 cm³/mol. The summed E-state index contributed by atoms with van der Waals surface area (Å²) in [5.74, 6) is 0.563. The summed E-state index contributed by atoms with van der Waals surface area (Å²) in [6.07, 6.45) is 1.92. The Morgan fingerprint density at radius 1 is 1.25 bits per heavy atom. The highest BCUT2D eigenvalue weighted by Gasteiger charge is 2.26. The molecule has 0 aliphatic rings. The quantitative estimate of drug-likeness (QED) is 0.738. The van der Waals surface area contributed by atoms with Crippen LogP contribution >= 0.6 is 0 Å². The average molecular weight is 348 g/mol. The van der Waals surface area contributed by atoms with Crippen molar-refractivity contribution in [3.63, 3.8) is 0 Å². The first-order valence-corrected chi connectivity index (χ1v) is 9.56. The summed E-state index contributed by atoms with van der Waals surface area (Å²) in [4.78, 5) is 0. The summed E-state index contributed by atoms with van der Waals surface area (Å²) in [5, 5.41) is 7.97. The van der Waals surface area contributed by atoms with Gasteiger partial charge in [-0.25, -0.2) is 8.42 Å². The fourth-order valence-electron chi connectivity index (χ4n) is 2.53. The van der Waals surface area contributed by atoms with Crippen LogP contribution in [0.4, 0.5) is 0 Å². The molecule has 0 saturated heterocycles. The minimum absolute atomic E-state index is 0.0328. The molecular weight excluding hydrogens is 324 g/mol. The van der Waals surface area contributed by atoms with Crippen LogP contribution in [0.15, 0.2) is 48.1 Å². The van der Waals surface area contributed by atoms with Crippen molar-refractivity contribution >= 4 is 9.84 Å². The number of benzene rings is 1. The van der Waals surface area contributed by atoms with E-state index in [9.17, 15) is 8.42 Å². The molecule has 6 nitrogen and oxygen atoms in total. The van der Waals surface area contributed by atoms with Crippen LogP contribution in [0, 0.1) is 5.92 Å². The van der Waals surface area contributed by atoms with Gasteiger partial charge in [0, 0.05) is 6.54 Å². The Hall–Kier alpha value is -1.99. The standard InChI is InChI=1S/C17H24N4O2S/c1-4-10-24(22,23)17-20-19-16(21(17)12-13(2)3)15(18)11-14-8-6-5-7-9-14/h4-9,13,15H,1,10-12,18H2,2-3H3/t15-/m0/s1. The fourth-order valence-corrected chi connectivity index (χ4v) is 3.66. The first kappa shape index (κ1) is 18.4. The minimum Gasteiger partial charge on any atom is -0.321 e. The molecule has 1 heterocycles. The van der Waals surface area contributed by atoms with Crippen LogP contribution in [-0.2, 0) is 22.8 Å². The van der Waals surface area contributed by atoms with Gasteiger partial charge in [0.2, 0.25) is 15.0 Å². The number of hydrogen-bond donors (Lipinski definition) is 1. The second-order valence-corrected chi connectivity index (χ2v) is 8.14. The average Bonchev–Trinajstić information content (AvgIpc) is 2.92. The summed E-state index contributed by atoms with van der Waals surface area (Å²) < 4.78 is 26.4. The van der Waals surface area contributed by atoms with E-state index in [4.69, 9.17) is 5.73 Å². The molecule has 0 bridgehead atoms. The molecule has 0 aliphatic carbocycles. The smallest absolute Gasteiger partial charge is 0.250 e. The number of aromatic nitrogens is 3. The zero-order valence-corrected chi connectivity index (χ0v) is 14.9. The third-order valence-corrected chi connectivity index (χ3v) is 5.07. The molecule has 0 aliphatic heterocycles. The Morgan fingerprint density at radius 2 is 1.92 bits per heavy atom. The molecular formula is C17H24N4O2S. The van der Waals surface area contributed by atoms with Crippen molar-refractivity contribution in [3.8, 4) is 0 Å². The Labute approximate surface area is 143 Å². The van der Waals surface area contributed by atoms with Crippen LogP contribution in [-0.4, -0.2) is 28.9 Å². The van der Waals surface area contributed by atoms with Crippen molar-refractivity contribution in [2.75, 3.05) is 5.75 Å². The molecule has 0 spiro atoms. The normalized spacial score (nSPS) is 13.2. The molecule has 24 heavy (non-hydrogen) atoms. The maximum Gasteiger partial charge on any atom is 0.250 e. The van der Waals surface area contributed by atoms with Crippen LogP contribution in [0.5, 0.6) is 0 Å². The molecule has 0 unspecified atom stereocenters. The lowest BCUT2D eigenvalue weighted by Crippen LogP contribution is -2.23. The van der Waals surface area contributed by atoms with Gasteiger partial charge in [-0.3, -0.25) is 0 Å².